The smallest absolute Gasteiger partial charge is 0.255 e. The monoisotopic (exact) mass is 250 g/mol. The Morgan fingerprint density at radius 2 is 2.18 bits per heavy atom. The molecule has 0 bridgehead atoms. The van der Waals surface area contributed by atoms with Gasteiger partial charge in [-0.25, -0.2) is 0 Å². The van der Waals surface area contributed by atoms with E-state index in [1.165, 1.54) is 0 Å². The zero-order valence-corrected chi connectivity index (χ0v) is 10.7. The number of nitrogens with zero attached hydrogens (tertiary/aromatic N) is 2. The molecule has 1 aromatic carbocycles. The molecule has 0 aromatic heterocycles. The lowest BCUT2D eigenvalue weighted by Crippen LogP contribution is -2.34. The minimum Gasteiger partial charge on any atom is -0.338 e. The molecule has 3 nitrogen and oxygen atoms in total. The summed E-state index contributed by atoms with van der Waals surface area (Å²) in [6, 6.07) is 9.08. The summed E-state index contributed by atoms with van der Waals surface area (Å²) in [6.45, 7) is 4.68. The normalized spacial score (nSPS) is 11.6. The third-order valence-electron chi connectivity index (χ3n) is 2.49. The summed E-state index contributed by atoms with van der Waals surface area (Å²) >= 11 is 5.98. The Hall–Kier alpha value is -1.53. The highest BCUT2D eigenvalue weighted by atomic mass is 35.5. The Morgan fingerprint density at radius 3 is 2.71 bits per heavy atom. The van der Waals surface area contributed by atoms with Crippen LogP contribution in [0.4, 0.5) is 0 Å². The Balaban J connectivity index is 2.88. The maximum Gasteiger partial charge on any atom is 0.255 e. The second-order valence-electron chi connectivity index (χ2n) is 3.85. The SMILES string of the molecule is CCN(CC(C)C#N)C(=O)c1ccccc1Cl. The highest BCUT2D eigenvalue weighted by molar-refractivity contribution is 6.33. The van der Waals surface area contributed by atoms with E-state index < -0.39 is 0 Å². The van der Waals surface area contributed by atoms with Gasteiger partial charge in [-0.3, -0.25) is 4.79 Å². The predicted molar refractivity (Wildman–Crippen MR) is 67.8 cm³/mol. The fourth-order valence-corrected chi connectivity index (χ4v) is 1.75. The Morgan fingerprint density at radius 1 is 1.53 bits per heavy atom. The van der Waals surface area contributed by atoms with Gasteiger partial charge in [0.2, 0.25) is 0 Å². The largest absolute Gasteiger partial charge is 0.338 e. The minimum atomic E-state index is -0.179. The number of rotatable bonds is 4. The topological polar surface area (TPSA) is 44.1 Å². The molecule has 0 heterocycles. The van der Waals surface area contributed by atoms with Gasteiger partial charge in [0.25, 0.3) is 5.91 Å². The molecule has 0 saturated carbocycles. The molecular weight excluding hydrogens is 236 g/mol. The number of halogens is 1. The first-order chi connectivity index (χ1) is 8.10. The number of benzene rings is 1. The Kier molecular flexibility index (Phi) is 4.99. The molecule has 0 spiro atoms. The predicted octanol–water partition coefficient (Wildman–Crippen LogP) is 2.96. The van der Waals surface area contributed by atoms with Crippen LogP contribution in [-0.2, 0) is 0 Å². The second-order valence-corrected chi connectivity index (χ2v) is 4.26. The van der Waals surface area contributed by atoms with Gasteiger partial charge in [0.05, 0.1) is 22.6 Å². The van der Waals surface area contributed by atoms with Crippen LogP contribution in [0.3, 0.4) is 0 Å². The number of hydrogen-bond donors (Lipinski definition) is 0. The molecule has 0 aliphatic carbocycles. The van der Waals surface area contributed by atoms with E-state index in [-0.39, 0.29) is 11.8 Å². The number of nitriles is 1. The van der Waals surface area contributed by atoms with E-state index in [0.29, 0.717) is 23.7 Å². The zero-order valence-electron chi connectivity index (χ0n) is 9.98. The fourth-order valence-electron chi connectivity index (χ4n) is 1.53. The standard InChI is InChI=1S/C13H15ClN2O/c1-3-16(9-10(2)8-15)13(17)11-6-4-5-7-12(11)14/h4-7,10H,3,9H2,1-2H3. The van der Waals surface area contributed by atoms with Crippen molar-refractivity contribution in [3.8, 4) is 6.07 Å². The van der Waals surface area contributed by atoms with Crippen molar-refractivity contribution in [3.05, 3.63) is 34.9 Å². The van der Waals surface area contributed by atoms with Gasteiger partial charge in [0, 0.05) is 13.1 Å². The molecule has 1 atom stereocenters. The first kappa shape index (κ1) is 13.5. The summed E-state index contributed by atoms with van der Waals surface area (Å²) < 4.78 is 0. The van der Waals surface area contributed by atoms with Crippen LogP contribution < -0.4 is 0 Å². The van der Waals surface area contributed by atoms with Gasteiger partial charge in [-0.05, 0) is 26.0 Å². The third kappa shape index (κ3) is 3.47. The van der Waals surface area contributed by atoms with Crippen molar-refractivity contribution in [1.82, 2.24) is 4.90 Å². The third-order valence-corrected chi connectivity index (χ3v) is 2.82. The van der Waals surface area contributed by atoms with E-state index in [9.17, 15) is 4.79 Å². The van der Waals surface area contributed by atoms with E-state index in [4.69, 9.17) is 16.9 Å². The van der Waals surface area contributed by atoms with Crippen LogP contribution in [0.2, 0.25) is 5.02 Å². The number of amides is 1. The van der Waals surface area contributed by atoms with Gasteiger partial charge in [-0.15, -0.1) is 0 Å². The summed E-state index contributed by atoms with van der Waals surface area (Å²) in [6.07, 6.45) is 0. The molecule has 0 aliphatic rings. The second kappa shape index (κ2) is 6.27. The van der Waals surface area contributed by atoms with Crippen molar-refractivity contribution >= 4 is 17.5 Å². The quantitative estimate of drug-likeness (QED) is 0.825. The molecule has 90 valence electrons. The van der Waals surface area contributed by atoms with Gasteiger partial charge in [0.15, 0.2) is 0 Å². The van der Waals surface area contributed by atoms with Gasteiger partial charge >= 0.3 is 0 Å². The molecule has 0 fully saturated rings. The highest BCUT2D eigenvalue weighted by Crippen LogP contribution is 2.17. The lowest BCUT2D eigenvalue weighted by molar-refractivity contribution is 0.0753. The fraction of sp³-hybridized carbons (Fsp3) is 0.385. The molecule has 4 heteroatoms. The van der Waals surface area contributed by atoms with Crippen LogP contribution in [-0.4, -0.2) is 23.9 Å². The van der Waals surface area contributed by atoms with Crippen LogP contribution in [0.5, 0.6) is 0 Å². The zero-order chi connectivity index (χ0) is 12.8. The maximum absolute atomic E-state index is 12.2. The molecule has 1 aromatic rings. The molecule has 0 radical (unpaired) electrons. The van der Waals surface area contributed by atoms with Crippen molar-refractivity contribution in [2.45, 2.75) is 13.8 Å². The van der Waals surface area contributed by atoms with Gasteiger partial charge in [0.1, 0.15) is 0 Å². The van der Waals surface area contributed by atoms with Crippen LogP contribution in [0.15, 0.2) is 24.3 Å². The van der Waals surface area contributed by atoms with Gasteiger partial charge in [-0.1, -0.05) is 23.7 Å². The number of carbonyl (C=O) groups is 1. The number of carbonyl (C=O) groups excluding carboxylic acids is 1. The average Bonchev–Trinajstić information content (AvgIpc) is 2.35. The molecule has 0 aliphatic heterocycles. The van der Waals surface area contributed by atoms with E-state index >= 15 is 0 Å². The first-order valence-corrected chi connectivity index (χ1v) is 5.91. The van der Waals surface area contributed by atoms with E-state index in [1.807, 2.05) is 6.92 Å². The minimum absolute atomic E-state index is 0.125. The van der Waals surface area contributed by atoms with Gasteiger partial charge in [-0.2, -0.15) is 5.26 Å². The molecule has 17 heavy (non-hydrogen) atoms. The average molecular weight is 251 g/mol. The van der Waals surface area contributed by atoms with Crippen molar-refractivity contribution in [1.29, 1.82) is 5.26 Å². The number of hydrogen-bond acceptors (Lipinski definition) is 2. The summed E-state index contributed by atoms with van der Waals surface area (Å²) in [5.41, 5.74) is 0.487. The van der Waals surface area contributed by atoms with Gasteiger partial charge < -0.3 is 4.90 Å². The first-order valence-electron chi connectivity index (χ1n) is 5.53. The van der Waals surface area contributed by atoms with Crippen LogP contribution in [0.25, 0.3) is 0 Å². The van der Waals surface area contributed by atoms with E-state index in [0.717, 1.165) is 0 Å². The van der Waals surface area contributed by atoms with Crippen molar-refractivity contribution in [3.63, 3.8) is 0 Å². The maximum atomic E-state index is 12.2. The highest BCUT2D eigenvalue weighted by Gasteiger charge is 2.18. The summed E-state index contributed by atoms with van der Waals surface area (Å²) in [5, 5.41) is 9.22. The lowest BCUT2D eigenvalue weighted by Gasteiger charge is -2.22. The molecule has 0 saturated heterocycles. The molecule has 1 amide bonds. The van der Waals surface area contributed by atoms with Crippen molar-refractivity contribution in [2.24, 2.45) is 5.92 Å². The van der Waals surface area contributed by atoms with Crippen molar-refractivity contribution in [2.75, 3.05) is 13.1 Å². The summed E-state index contributed by atoms with van der Waals surface area (Å²) in [4.78, 5) is 13.8. The Bertz CT molecular complexity index is 439. The van der Waals surface area contributed by atoms with Crippen LogP contribution in [0, 0.1) is 17.2 Å². The lowest BCUT2D eigenvalue weighted by atomic mass is 10.1. The van der Waals surface area contributed by atoms with Crippen LogP contribution in [0.1, 0.15) is 24.2 Å². The molecule has 1 unspecified atom stereocenters. The molecular formula is C13H15ClN2O. The summed E-state index contributed by atoms with van der Waals surface area (Å²) in [5.74, 6) is -0.304. The van der Waals surface area contributed by atoms with Crippen molar-refractivity contribution < 1.29 is 4.79 Å². The molecule has 1 rings (SSSR count). The van der Waals surface area contributed by atoms with E-state index in [2.05, 4.69) is 6.07 Å². The summed E-state index contributed by atoms with van der Waals surface area (Å²) in [7, 11) is 0. The molecule has 0 N–H and O–H groups in total. The van der Waals surface area contributed by atoms with Crippen LogP contribution >= 0.6 is 11.6 Å². The Labute approximate surface area is 107 Å². The van der Waals surface area contributed by atoms with E-state index in [1.54, 1.807) is 36.1 Å².